The second kappa shape index (κ2) is 9.04. The topological polar surface area (TPSA) is 88.4 Å². The molecule has 146 valence electrons. The number of carbonyl (C=O) groups excluding carboxylic acids is 2. The summed E-state index contributed by atoms with van der Waals surface area (Å²) in [6.45, 7) is 1.48. The Morgan fingerprint density at radius 1 is 1.17 bits per heavy atom. The van der Waals surface area contributed by atoms with Crippen LogP contribution in [0.25, 0.3) is 16.8 Å². The average molecular weight is 406 g/mol. The zero-order valence-corrected chi connectivity index (χ0v) is 16.7. The summed E-state index contributed by atoms with van der Waals surface area (Å²) in [6.07, 6.45) is 1.91. The van der Waals surface area contributed by atoms with Gasteiger partial charge in [0.25, 0.3) is 5.91 Å². The molecule has 3 aromatic rings. The molecule has 0 radical (unpaired) electrons. The number of nitrogens with zero attached hydrogens (tertiary/aromatic N) is 1. The number of fused-ring (bicyclic) bond motifs is 1. The second-order valence-electron chi connectivity index (χ2n) is 6.15. The lowest BCUT2D eigenvalue weighted by molar-refractivity contribution is -0.148. The highest BCUT2D eigenvalue weighted by atomic mass is 32.1. The van der Waals surface area contributed by atoms with Gasteiger partial charge in [-0.2, -0.15) is 5.26 Å². The summed E-state index contributed by atoms with van der Waals surface area (Å²) in [5.41, 5.74) is 1.20. The molecule has 3 rings (SSSR count). The summed E-state index contributed by atoms with van der Waals surface area (Å²) in [5.74, 6) is -0.347. The van der Waals surface area contributed by atoms with Crippen molar-refractivity contribution in [3.05, 3.63) is 65.0 Å². The maximum absolute atomic E-state index is 12.2. The summed E-state index contributed by atoms with van der Waals surface area (Å²) in [6, 6.07) is 15.1. The van der Waals surface area contributed by atoms with Gasteiger partial charge in [0.15, 0.2) is 6.10 Å². The van der Waals surface area contributed by atoms with E-state index >= 15 is 0 Å². The van der Waals surface area contributed by atoms with Crippen LogP contribution in [0.15, 0.2) is 53.9 Å². The van der Waals surface area contributed by atoms with Crippen LogP contribution in [0, 0.1) is 11.3 Å². The lowest BCUT2D eigenvalue weighted by atomic mass is 10.1. The van der Waals surface area contributed by atoms with Gasteiger partial charge in [-0.05, 0) is 59.0 Å². The van der Waals surface area contributed by atoms with E-state index in [4.69, 9.17) is 14.7 Å². The van der Waals surface area contributed by atoms with Crippen molar-refractivity contribution >= 4 is 45.1 Å². The van der Waals surface area contributed by atoms with Crippen molar-refractivity contribution < 1.29 is 19.1 Å². The molecule has 29 heavy (non-hydrogen) atoms. The number of esters is 1. The van der Waals surface area contributed by atoms with Gasteiger partial charge in [-0.15, -0.1) is 11.3 Å². The number of ether oxygens (including phenoxy) is 2. The van der Waals surface area contributed by atoms with Crippen LogP contribution in [-0.4, -0.2) is 25.1 Å². The van der Waals surface area contributed by atoms with Crippen LogP contribution in [0.2, 0.25) is 0 Å². The molecule has 1 aromatic heterocycles. The second-order valence-corrected chi connectivity index (χ2v) is 7.07. The number of hydrogen-bond acceptors (Lipinski definition) is 6. The van der Waals surface area contributed by atoms with E-state index in [0.717, 1.165) is 22.1 Å². The van der Waals surface area contributed by atoms with E-state index in [2.05, 4.69) is 5.32 Å². The van der Waals surface area contributed by atoms with Gasteiger partial charge in [-0.25, -0.2) is 4.79 Å². The zero-order chi connectivity index (χ0) is 20.8. The Morgan fingerprint density at radius 2 is 1.93 bits per heavy atom. The minimum atomic E-state index is -0.995. The van der Waals surface area contributed by atoms with Crippen LogP contribution >= 0.6 is 11.3 Å². The predicted molar refractivity (Wildman–Crippen MR) is 113 cm³/mol. The number of thiophene rings is 1. The lowest BCUT2D eigenvalue weighted by Crippen LogP contribution is -2.29. The summed E-state index contributed by atoms with van der Waals surface area (Å²) in [4.78, 5) is 24.2. The Bertz CT molecular complexity index is 1130. The van der Waals surface area contributed by atoms with Gasteiger partial charge >= 0.3 is 5.97 Å². The third-order valence-corrected chi connectivity index (χ3v) is 5.00. The Labute approximate surface area is 172 Å². The highest BCUT2D eigenvalue weighted by Gasteiger charge is 2.18. The molecule has 0 aliphatic carbocycles. The lowest BCUT2D eigenvalue weighted by Gasteiger charge is -2.11. The first kappa shape index (κ1) is 20.1. The van der Waals surface area contributed by atoms with Crippen LogP contribution in [0.4, 0.5) is 5.00 Å². The molecule has 0 saturated carbocycles. The Kier molecular flexibility index (Phi) is 6.27. The normalized spacial score (nSPS) is 11.8. The first-order chi connectivity index (χ1) is 14.0. The fourth-order valence-corrected chi connectivity index (χ4v) is 3.35. The van der Waals surface area contributed by atoms with Crippen LogP contribution < -0.4 is 10.1 Å². The van der Waals surface area contributed by atoms with Gasteiger partial charge in [0.1, 0.15) is 16.8 Å². The molecule has 0 spiro atoms. The number of rotatable bonds is 6. The van der Waals surface area contributed by atoms with E-state index in [1.807, 2.05) is 42.5 Å². The molecule has 1 N–H and O–H groups in total. The molecular weight excluding hydrogens is 388 g/mol. The number of nitrogens with one attached hydrogen (secondary N) is 1. The molecule has 6 nitrogen and oxygen atoms in total. The van der Waals surface area contributed by atoms with Gasteiger partial charge in [-0.1, -0.05) is 18.2 Å². The third-order valence-electron chi connectivity index (χ3n) is 4.17. The maximum atomic E-state index is 12.2. The first-order valence-corrected chi connectivity index (χ1v) is 9.63. The molecule has 0 aliphatic heterocycles. The Hall–Kier alpha value is -3.63. The number of hydrogen-bond donors (Lipinski definition) is 1. The molecule has 0 unspecified atom stereocenters. The van der Waals surface area contributed by atoms with Gasteiger partial charge in [0, 0.05) is 6.08 Å². The number of anilines is 1. The van der Waals surface area contributed by atoms with Crippen LogP contribution in [0.1, 0.15) is 18.1 Å². The largest absolute Gasteiger partial charge is 0.497 e. The number of carbonyl (C=O) groups is 2. The number of amides is 1. The maximum Gasteiger partial charge on any atom is 0.331 e. The molecular formula is C22H18N2O4S. The number of methoxy groups -OCH3 is 1. The SMILES string of the molecule is COc1ccc2cc(/C=C/C(=O)O[C@H](C)C(=O)Nc3sccc3C#N)ccc2c1. The predicted octanol–water partition coefficient (Wildman–Crippen LogP) is 4.37. The van der Waals surface area contributed by atoms with Crippen molar-refractivity contribution in [2.24, 2.45) is 0 Å². The van der Waals surface area contributed by atoms with Crippen molar-refractivity contribution in [2.75, 3.05) is 12.4 Å². The summed E-state index contributed by atoms with van der Waals surface area (Å²) in [5, 5.41) is 15.8. The number of benzene rings is 2. The van der Waals surface area contributed by atoms with Crippen molar-refractivity contribution in [1.29, 1.82) is 5.26 Å². The third kappa shape index (κ3) is 5.00. The quantitative estimate of drug-likeness (QED) is 0.485. The molecule has 0 fully saturated rings. The smallest absolute Gasteiger partial charge is 0.331 e. The molecule has 0 bridgehead atoms. The molecule has 0 aliphatic rings. The Morgan fingerprint density at radius 3 is 2.69 bits per heavy atom. The van der Waals surface area contributed by atoms with E-state index in [1.54, 1.807) is 24.6 Å². The van der Waals surface area contributed by atoms with Crippen molar-refractivity contribution in [2.45, 2.75) is 13.0 Å². The van der Waals surface area contributed by atoms with Crippen LogP contribution in [0.5, 0.6) is 5.75 Å². The summed E-state index contributed by atoms with van der Waals surface area (Å²) < 4.78 is 10.4. The minimum absolute atomic E-state index is 0.371. The fraction of sp³-hybridized carbons (Fsp3) is 0.136. The Balaban J connectivity index is 1.60. The van der Waals surface area contributed by atoms with Crippen LogP contribution in [-0.2, 0) is 14.3 Å². The summed E-state index contributed by atoms with van der Waals surface area (Å²) in [7, 11) is 1.62. The van der Waals surface area contributed by atoms with Crippen molar-refractivity contribution in [1.82, 2.24) is 0 Å². The standard InChI is InChI=1S/C22H18N2O4S/c1-14(21(26)24-22-18(13-23)9-10-29-22)28-20(25)8-4-15-3-5-17-12-19(27-2)7-6-16(17)11-15/h3-12,14H,1-2H3,(H,24,26)/b8-4+/t14-/m1/s1. The number of nitriles is 1. The molecule has 1 atom stereocenters. The van der Waals surface area contributed by atoms with Gasteiger partial charge in [0.05, 0.1) is 12.7 Å². The fourth-order valence-electron chi connectivity index (χ4n) is 2.61. The molecule has 0 saturated heterocycles. The van der Waals surface area contributed by atoms with E-state index < -0.39 is 18.0 Å². The van der Waals surface area contributed by atoms with Gasteiger partial charge < -0.3 is 14.8 Å². The van der Waals surface area contributed by atoms with Gasteiger partial charge in [0.2, 0.25) is 0 Å². The molecule has 1 amide bonds. The van der Waals surface area contributed by atoms with Crippen LogP contribution in [0.3, 0.4) is 0 Å². The minimum Gasteiger partial charge on any atom is -0.497 e. The first-order valence-electron chi connectivity index (χ1n) is 8.75. The zero-order valence-electron chi connectivity index (χ0n) is 15.8. The van der Waals surface area contributed by atoms with E-state index in [-0.39, 0.29) is 0 Å². The summed E-state index contributed by atoms with van der Waals surface area (Å²) >= 11 is 1.23. The highest BCUT2D eigenvalue weighted by Crippen LogP contribution is 2.23. The van der Waals surface area contributed by atoms with E-state index in [0.29, 0.717) is 10.6 Å². The molecule has 1 heterocycles. The highest BCUT2D eigenvalue weighted by molar-refractivity contribution is 7.14. The monoisotopic (exact) mass is 406 g/mol. The van der Waals surface area contributed by atoms with Crippen molar-refractivity contribution in [3.63, 3.8) is 0 Å². The average Bonchev–Trinajstić information content (AvgIpc) is 3.18. The van der Waals surface area contributed by atoms with E-state index in [1.165, 1.54) is 24.3 Å². The molecule has 2 aromatic carbocycles. The molecule has 7 heteroatoms. The van der Waals surface area contributed by atoms with E-state index in [9.17, 15) is 9.59 Å². The van der Waals surface area contributed by atoms with Gasteiger partial charge in [-0.3, -0.25) is 4.79 Å². The van der Waals surface area contributed by atoms with Crippen molar-refractivity contribution in [3.8, 4) is 11.8 Å².